The predicted molar refractivity (Wildman–Crippen MR) is 150 cm³/mol. The number of para-hydroxylation sites is 1. The minimum absolute atomic E-state index is 0.00799. The first-order valence-electron chi connectivity index (χ1n) is 13.6. The summed E-state index contributed by atoms with van der Waals surface area (Å²) in [5.41, 5.74) is 4.41. The van der Waals surface area contributed by atoms with Crippen molar-refractivity contribution < 1.29 is 9.59 Å². The van der Waals surface area contributed by atoms with Gasteiger partial charge in [-0.25, -0.2) is 0 Å². The second-order valence-electron chi connectivity index (χ2n) is 10.6. The third kappa shape index (κ3) is 7.07. The molecular formula is C30H40N6O2. The van der Waals surface area contributed by atoms with Gasteiger partial charge in [0.25, 0.3) is 5.91 Å². The van der Waals surface area contributed by atoms with E-state index in [0.29, 0.717) is 31.2 Å². The molecule has 0 bridgehead atoms. The zero-order valence-corrected chi connectivity index (χ0v) is 23.1. The van der Waals surface area contributed by atoms with Crippen LogP contribution in [0.4, 0.5) is 5.69 Å². The van der Waals surface area contributed by atoms with Crippen LogP contribution < -0.4 is 4.90 Å². The fourth-order valence-corrected chi connectivity index (χ4v) is 5.15. The Labute approximate surface area is 226 Å². The molecule has 0 saturated heterocycles. The first-order valence-corrected chi connectivity index (χ1v) is 13.6. The molecule has 38 heavy (non-hydrogen) atoms. The standard InChI is InChI=1S/C30H40N6O2/c1-23(2)19-27-20-29(33(4)32-27)30(38)35-17-9-15-34(22-26-12-7-8-14-31-26)16-10-18-36(24(3)37)28-13-6-5-11-25(28)21-35/h5-8,11-14,20,23H,9-10,15-19,21-22H2,1-4H3. The number of benzene rings is 1. The normalized spacial score (nSPS) is 15.6. The van der Waals surface area contributed by atoms with E-state index in [2.05, 4.69) is 28.8 Å². The summed E-state index contributed by atoms with van der Waals surface area (Å²) in [4.78, 5) is 37.3. The zero-order valence-electron chi connectivity index (χ0n) is 23.1. The van der Waals surface area contributed by atoms with E-state index in [1.54, 1.807) is 11.6 Å². The van der Waals surface area contributed by atoms with Crippen molar-refractivity contribution in [1.82, 2.24) is 24.6 Å². The highest BCUT2D eigenvalue weighted by Gasteiger charge is 2.24. The molecule has 0 N–H and O–H groups in total. The van der Waals surface area contributed by atoms with Crippen LogP contribution in [0.25, 0.3) is 0 Å². The van der Waals surface area contributed by atoms with Gasteiger partial charge >= 0.3 is 0 Å². The third-order valence-corrected chi connectivity index (χ3v) is 6.95. The summed E-state index contributed by atoms with van der Waals surface area (Å²) < 4.78 is 1.71. The first kappa shape index (κ1) is 27.5. The maximum atomic E-state index is 13.9. The van der Waals surface area contributed by atoms with E-state index in [4.69, 9.17) is 0 Å². The maximum absolute atomic E-state index is 13.9. The predicted octanol–water partition coefficient (Wildman–Crippen LogP) is 4.30. The van der Waals surface area contributed by atoms with E-state index in [0.717, 1.165) is 61.5 Å². The van der Waals surface area contributed by atoms with Gasteiger partial charge in [0.1, 0.15) is 5.69 Å². The van der Waals surface area contributed by atoms with Gasteiger partial charge in [-0.3, -0.25) is 24.2 Å². The minimum atomic E-state index is -0.0347. The molecule has 1 aliphatic heterocycles. The van der Waals surface area contributed by atoms with Crippen molar-refractivity contribution >= 4 is 17.5 Å². The summed E-state index contributed by atoms with van der Waals surface area (Å²) in [7, 11) is 1.84. The molecule has 0 unspecified atom stereocenters. The number of amides is 2. The summed E-state index contributed by atoms with van der Waals surface area (Å²) in [5.74, 6) is 0.435. The Balaban J connectivity index is 1.63. The van der Waals surface area contributed by atoms with Crippen LogP contribution in [-0.2, 0) is 31.4 Å². The van der Waals surface area contributed by atoms with Gasteiger partial charge in [-0.1, -0.05) is 38.1 Å². The summed E-state index contributed by atoms with van der Waals surface area (Å²) in [6, 6.07) is 15.9. The van der Waals surface area contributed by atoms with Crippen molar-refractivity contribution in [3.63, 3.8) is 0 Å². The molecule has 8 nitrogen and oxygen atoms in total. The number of nitrogens with zero attached hydrogens (tertiary/aromatic N) is 6. The van der Waals surface area contributed by atoms with Crippen molar-refractivity contribution in [2.24, 2.45) is 13.0 Å². The molecule has 3 heterocycles. The zero-order chi connectivity index (χ0) is 27.1. The Morgan fingerprint density at radius 1 is 0.947 bits per heavy atom. The molecule has 3 aromatic rings. The van der Waals surface area contributed by atoms with Gasteiger partial charge in [0.05, 0.1) is 11.4 Å². The van der Waals surface area contributed by atoms with Crippen LogP contribution in [0.1, 0.15) is 61.1 Å². The van der Waals surface area contributed by atoms with Gasteiger partial charge in [-0.2, -0.15) is 5.10 Å². The highest BCUT2D eigenvalue weighted by atomic mass is 16.2. The number of pyridine rings is 1. The molecule has 0 saturated carbocycles. The Morgan fingerprint density at radius 2 is 1.68 bits per heavy atom. The molecule has 0 radical (unpaired) electrons. The van der Waals surface area contributed by atoms with E-state index < -0.39 is 0 Å². The highest BCUT2D eigenvalue weighted by molar-refractivity contribution is 5.94. The average Bonchev–Trinajstić information content (AvgIpc) is 3.24. The lowest BCUT2D eigenvalue weighted by molar-refractivity contribution is -0.116. The van der Waals surface area contributed by atoms with E-state index in [1.165, 1.54) is 0 Å². The number of hydrogen-bond donors (Lipinski definition) is 0. The number of rotatable bonds is 5. The Hall–Kier alpha value is -3.52. The van der Waals surface area contributed by atoms with Gasteiger partial charge in [-0.15, -0.1) is 0 Å². The molecule has 1 aromatic carbocycles. The van der Waals surface area contributed by atoms with E-state index in [1.807, 2.05) is 71.6 Å². The van der Waals surface area contributed by atoms with Crippen LogP contribution in [0.5, 0.6) is 0 Å². The second-order valence-corrected chi connectivity index (χ2v) is 10.6. The first-order chi connectivity index (χ1) is 18.3. The van der Waals surface area contributed by atoms with Crippen LogP contribution in [-0.4, -0.2) is 62.6 Å². The Kier molecular flexibility index (Phi) is 9.29. The number of aromatic nitrogens is 3. The summed E-state index contributed by atoms with van der Waals surface area (Å²) >= 11 is 0. The van der Waals surface area contributed by atoms with Gasteiger partial charge < -0.3 is 9.80 Å². The third-order valence-electron chi connectivity index (χ3n) is 6.95. The average molecular weight is 517 g/mol. The molecule has 0 aliphatic carbocycles. The number of carbonyl (C=O) groups is 2. The molecule has 202 valence electrons. The quantitative estimate of drug-likeness (QED) is 0.505. The largest absolute Gasteiger partial charge is 0.333 e. The fraction of sp³-hybridized carbons (Fsp3) is 0.467. The summed E-state index contributed by atoms with van der Waals surface area (Å²) in [6.07, 6.45) is 4.35. The number of fused-ring (bicyclic) bond motifs is 1. The lowest BCUT2D eigenvalue weighted by Crippen LogP contribution is -2.38. The highest BCUT2D eigenvalue weighted by Crippen LogP contribution is 2.25. The van der Waals surface area contributed by atoms with Crippen LogP contribution in [0.15, 0.2) is 54.7 Å². The molecule has 2 aromatic heterocycles. The van der Waals surface area contributed by atoms with Crippen molar-refractivity contribution in [2.75, 3.05) is 31.1 Å². The molecule has 0 spiro atoms. The number of anilines is 1. The van der Waals surface area contributed by atoms with Gasteiger partial charge in [0.2, 0.25) is 5.91 Å². The van der Waals surface area contributed by atoms with Gasteiger partial charge in [0, 0.05) is 65.1 Å². The molecule has 0 atom stereocenters. The topological polar surface area (TPSA) is 74.6 Å². The molecule has 4 rings (SSSR count). The van der Waals surface area contributed by atoms with Crippen LogP contribution in [0.3, 0.4) is 0 Å². The fourth-order valence-electron chi connectivity index (χ4n) is 5.15. The minimum Gasteiger partial charge on any atom is -0.333 e. The molecule has 8 heteroatoms. The van der Waals surface area contributed by atoms with Crippen molar-refractivity contribution in [3.05, 3.63) is 77.4 Å². The maximum Gasteiger partial charge on any atom is 0.272 e. The van der Waals surface area contributed by atoms with E-state index in [9.17, 15) is 9.59 Å². The summed E-state index contributed by atoms with van der Waals surface area (Å²) in [5, 5.41) is 4.61. The molecule has 2 amide bonds. The number of aryl methyl sites for hydroxylation is 1. The van der Waals surface area contributed by atoms with E-state index in [-0.39, 0.29) is 11.8 Å². The Bertz CT molecular complexity index is 1220. The summed E-state index contributed by atoms with van der Waals surface area (Å²) in [6.45, 7) is 10.0. The monoisotopic (exact) mass is 516 g/mol. The number of hydrogen-bond acceptors (Lipinski definition) is 5. The van der Waals surface area contributed by atoms with Gasteiger partial charge in [-0.05, 0) is 55.0 Å². The smallest absolute Gasteiger partial charge is 0.272 e. The van der Waals surface area contributed by atoms with Crippen LogP contribution in [0, 0.1) is 5.92 Å². The van der Waals surface area contributed by atoms with Crippen LogP contribution in [0.2, 0.25) is 0 Å². The Morgan fingerprint density at radius 3 is 2.39 bits per heavy atom. The second kappa shape index (κ2) is 12.8. The van der Waals surface area contributed by atoms with Crippen molar-refractivity contribution in [3.8, 4) is 0 Å². The van der Waals surface area contributed by atoms with E-state index >= 15 is 0 Å². The van der Waals surface area contributed by atoms with Gasteiger partial charge in [0.15, 0.2) is 0 Å². The SMILES string of the molecule is CC(=O)N1CCCN(Cc2ccccn2)CCCN(C(=O)c2cc(CC(C)C)nn2C)Cc2ccccc21. The number of carbonyl (C=O) groups excluding carboxylic acids is 2. The lowest BCUT2D eigenvalue weighted by atomic mass is 10.1. The lowest BCUT2D eigenvalue weighted by Gasteiger charge is -2.31. The van der Waals surface area contributed by atoms with Crippen LogP contribution >= 0.6 is 0 Å². The van der Waals surface area contributed by atoms with Crippen molar-refractivity contribution in [2.45, 2.75) is 53.1 Å². The molecule has 0 fully saturated rings. The van der Waals surface area contributed by atoms with Crippen molar-refractivity contribution in [1.29, 1.82) is 0 Å². The molecular weight excluding hydrogens is 476 g/mol. The molecule has 1 aliphatic rings.